The molecule has 20 heavy (non-hydrogen) atoms. The molecule has 3 rings (SSSR count). The molecule has 4 nitrogen and oxygen atoms in total. The van der Waals surface area contributed by atoms with Gasteiger partial charge in [0.1, 0.15) is 5.01 Å². The van der Waals surface area contributed by atoms with Gasteiger partial charge in [-0.15, -0.1) is 10.2 Å². The van der Waals surface area contributed by atoms with E-state index < -0.39 is 0 Å². The van der Waals surface area contributed by atoms with Crippen LogP contribution in [0.25, 0.3) is 17.1 Å². The van der Waals surface area contributed by atoms with Gasteiger partial charge >= 0.3 is 0 Å². The van der Waals surface area contributed by atoms with Crippen LogP contribution in [0.15, 0.2) is 24.3 Å². The van der Waals surface area contributed by atoms with Gasteiger partial charge in [0.15, 0.2) is 5.82 Å². The first kappa shape index (κ1) is 13.0. The van der Waals surface area contributed by atoms with E-state index >= 15 is 0 Å². The third-order valence-corrected chi connectivity index (χ3v) is 3.91. The summed E-state index contributed by atoms with van der Waals surface area (Å²) < 4.78 is 1.84. The van der Waals surface area contributed by atoms with Crippen molar-refractivity contribution in [2.24, 2.45) is 0 Å². The Bertz CT molecular complexity index is 750. The molecule has 2 aromatic heterocycles. The van der Waals surface area contributed by atoms with Crippen molar-refractivity contribution >= 4 is 28.4 Å². The van der Waals surface area contributed by atoms with Gasteiger partial charge in [-0.1, -0.05) is 61.1 Å². The zero-order chi connectivity index (χ0) is 14.1. The van der Waals surface area contributed by atoms with Gasteiger partial charge in [0.25, 0.3) is 0 Å². The number of hydrogen-bond acceptors (Lipinski definition) is 4. The molecule has 1 aromatic carbocycles. The average molecular weight is 284 g/mol. The molecular formula is C15H16N4S. The predicted molar refractivity (Wildman–Crippen MR) is 82.9 cm³/mol. The number of rotatable bonds is 3. The Kier molecular flexibility index (Phi) is 3.36. The largest absolute Gasteiger partial charge is 0.234 e. The monoisotopic (exact) mass is 284 g/mol. The van der Waals surface area contributed by atoms with Gasteiger partial charge in [-0.25, -0.2) is 0 Å². The minimum Gasteiger partial charge on any atom is -0.187 e. The van der Waals surface area contributed by atoms with Gasteiger partial charge in [-0.05, 0) is 18.6 Å². The summed E-state index contributed by atoms with van der Waals surface area (Å²) >= 11 is 1.55. The fourth-order valence-electron chi connectivity index (χ4n) is 1.92. The molecule has 0 aliphatic carbocycles. The number of nitrogens with zero attached hydrogens (tertiary/aromatic N) is 4. The third kappa shape index (κ3) is 2.49. The van der Waals surface area contributed by atoms with Gasteiger partial charge in [0.05, 0.1) is 0 Å². The molecule has 0 unspecified atom stereocenters. The molecule has 2 heterocycles. The van der Waals surface area contributed by atoms with Crippen LogP contribution >= 0.6 is 11.3 Å². The minimum atomic E-state index is 0.320. The zero-order valence-electron chi connectivity index (χ0n) is 11.7. The van der Waals surface area contributed by atoms with Crippen molar-refractivity contribution in [1.29, 1.82) is 0 Å². The van der Waals surface area contributed by atoms with E-state index in [4.69, 9.17) is 0 Å². The van der Waals surface area contributed by atoms with Gasteiger partial charge in [-0.2, -0.15) is 9.61 Å². The minimum absolute atomic E-state index is 0.320. The molecule has 5 heteroatoms. The highest BCUT2D eigenvalue weighted by atomic mass is 32.1. The SMILES string of the molecule is Cc1ccc(C=Cc2nn3c(C(C)C)nnc3s2)cc1. The van der Waals surface area contributed by atoms with E-state index in [0.717, 1.165) is 15.8 Å². The first-order valence-electron chi connectivity index (χ1n) is 6.60. The quantitative estimate of drug-likeness (QED) is 0.735. The van der Waals surface area contributed by atoms with Crippen molar-refractivity contribution in [2.45, 2.75) is 26.7 Å². The molecule has 0 fully saturated rings. The summed E-state index contributed by atoms with van der Waals surface area (Å²) in [6, 6.07) is 8.42. The number of benzene rings is 1. The summed E-state index contributed by atoms with van der Waals surface area (Å²) in [6.45, 7) is 6.28. The highest BCUT2D eigenvalue weighted by molar-refractivity contribution is 7.17. The van der Waals surface area contributed by atoms with Crippen LogP contribution in [-0.4, -0.2) is 19.8 Å². The maximum absolute atomic E-state index is 4.55. The molecule has 0 spiro atoms. The number of hydrogen-bond donors (Lipinski definition) is 0. The Hall–Kier alpha value is -2.01. The van der Waals surface area contributed by atoms with Crippen LogP contribution in [0.4, 0.5) is 0 Å². The fourth-order valence-corrected chi connectivity index (χ4v) is 2.67. The van der Waals surface area contributed by atoms with E-state index in [0.29, 0.717) is 5.92 Å². The fraction of sp³-hybridized carbons (Fsp3) is 0.267. The summed E-state index contributed by atoms with van der Waals surface area (Å²) in [7, 11) is 0. The maximum Gasteiger partial charge on any atom is 0.234 e. The van der Waals surface area contributed by atoms with Gasteiger partial charge in [0.2, 0.25) is 4.96 Å². The lowest BCUT2D eigenvalue weighted by atomic mass is 10.1. The van der Waals surface area contributed by atoms with E-state index in [-0.39, 0.29) is 0 Å². The Morgan fingerprint density at radius 2 is 1.85 bits per heavy atom. The summed E-state index contributed by atoms with van der Waals surface area (Å²) in [4.78, 5) is 0.845. The Morgan fingerprint density at radius 3 is 2.55 bits per heavy atom. The van der Waals surface area contributed by atoms with Crippen LogP contribution < -0.4 is 0 Å². The molecule has 0 atom stereocenters. The molecule has 3 aromatic rings. The highest BCUT2D eigenvalue weighted by Gasteiger charge is 2.12. The topological polar surface area (TPSA) is 43.1 Å². The normalized spacial score (nSPS) is 12.0. The van der Waals surface area contributed by atoms with Crippen LogP contribution in [-0.2, 0) is 0 Å². The van der Waals surface area contributed by atoms with Gasteiger partial charge in [-0.3, -0.25) is 0 Å². The van der Waals surface area contributed by atoms with E-state index in [1.807, 2.05) is 10.6 Å². The highest BCUT2D eigenvalue weighted by Crippen LogP contribution is 2.20. The second kappa shape index (κ2) is 5.17. The lowest BCUT2D eigenvalue weighted by Gasteiger charge is -1.97. The second-order valence-electron chi connectivity index (χ2n) is 5.09. The number of aromatic nitrogens is 4. The van der Waals surface area contributed by atoms with E-state index in [2.05, 4.69) is 66.4 Å². The first-order chi connectivity index (χ1) is 9.63. The molecule has 0 aliphatic rings. The summed E-state index contributed by atoms with van der Waals surface area (Å²) in [5.74, 6) is 1.23. The van der Waals surface area contributed by atoms with Crippen LogP contribution in [0.3, 0.4) is 0 Å². The Balaban J connectivity index is 1.89. The number of aryl methyl sites for hydroxylation is 1. The van der Waals surface area contributed by atoms with Crippen molar-refractivity contribution in [2.75, 3.05) is 0 Å². The first-order valence-corrected chi connectivity index (χ1v) is 7.42. The molecule has 0 amide bonds. The summed E-state index contributed by atoms with van der Waals surface area (Å²) in [6.07, 6.45) is 4.09. The van der Waals surface area contributed by atoms with Crippen LogP contribution in [0.5, 0.6) is 0 Å². The second-order valence-corrected chi connectivity index (χ2v) is 6.08. The van der Waals surface area contributed by atoms with E-state index in [9.17, 15) is 0 Å². The standard InChI is InChI=1S/C15H16N4S/c1-10(2)14-16-17-15-19(14)18-13(20-15)9-8-12-6-4-11(3)5-7-12/h4-10H,1-3H3. The van der Waals surface area contributed by atoms with Gasteiger partial charge in [0, 0.05) is 5.92 Å². The average Bonchev–Trinajstić information content (AvgIpc) is 2.97. The smallest absolute Gasteiger partial charge is 0.187 e. The van der Waals surface area contributed by atoms with E-state index in [1.165, 1.54) is 11.1 Å². The summed E-state index contributed by atoms with van der Waals surface area (Å²) in [5, 5.41) is 13.8. The number of fused-ring (bicyclic) bond motifs is 1. The Morgan fingerprint density at radius 1 is 1.10 bits per heavy atom. The molecule has 0 N–H and O–H groups in total. The Labute approximate surface area is 121 Å². The van der Waals surface area contributed by atoms with Crippen molar-refractivity contribution in [3.05, 3.63) is 46.2 Å². The van der Waals surface area contributed by atoms with Crippen molar-refractivity contribution in [3.63, 3.8) is 0 Å². The van der Waals surface area contributed by atoms with Crippen LogP contribution in [0, 0.1) is 6.92 Å². The molecule has 0 radical (unpaired) electrons. The lowest BCUT2D eigenvalue weighted by Crippen LogP contribution is -1.97. The lowest BCUT2D eigenvalue weighted by molar-refractivity contribution is 0.724. The summed E-state index contributed by atoms with van der Waals surface area (Å²) in [5.41, 5.74) is 2.44. The van der Waals surface area contributed by atoms with Crippen LogP contribution in [0.1, 0.15) is 41.7 Å². The molecule has 0 bridgehead atoms. The van der Waals surface area contributed by atoms with Crippen LogP contribution in [0.2, 0.25) is 0 Å². The maximum atomic E-state index is 4.55. The molecule has 102 valence electrons. The zero-order valence-corrected chi connectivity index (χ0v) is 12.6. The van der Waals surface area contributed by atoms with Crippen molar-refractivity contribution in [1.82, 2.24) is 19.8 Å². The molecule has 0 saturated carbocycles. The van der Waals surface area contributed by atoms with E-state index in [1.54, 1.807) is 11.3 Å². The van der Waals surface area contributed by atoms with Gasteiger partial charge < -0.3 is 0 Å². The van der Waals surface area contributed by atoms with Crippen molar-refractivity contribution < 1.29 is 0 Å². The molecule has 0 saturated heterocycles. The predicted octanol–water partition coefficient (Wildman–Crippen LogP) is 3.79. The van der Waals surface area contributed by atoms with Crippen molar-refractivity contribution in [3.8, 4) is 0 Å². The third-order valence-electron chi connectivity index (χ3n) is 3.04. The molecule has 0 aliphatic heterocycles. The molecular weight excluding hydrogens is 268 g/mol.